The molecule has 1 aromatic carbocycles. The highest BCUT2D eigenvalue weighted by atomic mass is 16.5. The Labute approximate surface area is 124 Å². The van der Waals surface area contributed by atoms with Crippen molar-refractivity contribution in [1.29, 1.82) is 0 Å². The van der Waals surface area contributed by atoms with E-state index in [9.17, 15) is 9.59 Å². The zero-order valence-corrected chi connectivity index (χ0v) is 12.2. The van der Waals surface area contributed by atoms with Crippen molar-refractivity contribution in [3.05, 3.63) is 24.3 Å². The largest absolute Gasteiger partial charge is 0.497 e. The summed E-state index contributed by atoms with van der Waals surface area (Å²) in [6.45, 7) is 1.25. The molecule has 5 heteroatoms. The number of methoxy groups -OCH3 is 1. The first-order valence-electron chi connectivity index (χ1n) is 7.39. The topological polar surface area (TPSA) is 58.6 Å². The molecule has 1 unspecified atom stereocenters. The molecule has 2 fully saturated rings. The summed E-state index contributed by atoms with van der Waals surface area (Å²) in [7, 11) is 1.62. The van der Waals surface area contributed by atoms with Gasteiger partial charge in [-0.25, -0.2) is 0 Å². The monoisotopic (exact) mass is 288 g/mol. The number of rotatable bonds is 5. The lowest BCUT2D eigenvalue weighted by Crippen LogP contribution is -2.32. The number of carbonyl (C=O) groups is 2. The smallest absolute Gasteiger partial charge is 0.227 e. The predicted octanol–water partition coefficient (Wildman–Crippen LogP) is 1.57. The van der Waals surface area contributed by atoms with Crippen LogP contribution in [-0.2, 0) is 9.59 Å². The van der Waals surface area contributed by atoms with Gasteiger partial charge in [0, 0.05) is 37.0 Å². The standard InChI is InChI=1S/C16H20N2O3/c1-21-14-6-4-13(5-7-14)18-10-11(8-15(18)19)9-17-16(20)12-2-3-12/h4-7,11-12H,2-3,8-10H2,1H3,(H,17,20). The molecule has 1 saturated carbocycles. The van der Waals surface area contributed by atoms with Crippen molar-refractivity contribution in [2.75, 3.05) is 25.1 Å². The molecule has 0 spiro atoms. The van der Waals surface area contributed by atoms with E-state index in [0.717, 1.165) is 24.3 Å². The maximum atomic E-state index is 12.1. The molecule has 0 radical (unpaired) electrons. The van der Waals surface area contributed by atoms with Gasteiger partial charge in [0.05, 0.1) is 7.11 Å². The Balaban J connectivity index is 1.57. The lowest BCUT2D eigenvalue weighted by molar-refractivity contribution is -0.122. The van der Waals surface area contributed by atoms with Gasteiger partial charge in [0.1, 0.15) is 5.75 Å². The van der Waals surface area contributed by atoms with Gasteiger partial charge in [-0.2, -0.15) is 0 Å². The quantitative estimate of drug-likeness (QED) is 0.895. The molecule has 21 heavy (non-hydrogen) atoms. The molecule has 1 N–H and O–H groups in total. The summed E-state index contributed by atoms with van der Waals surface area (Å²) >= 11 is 0. The molecule has 2 amide bonds. The molecule has 2 aliphatic rings. The Morgan fingerprint density at radius 3 is 2.67 bits per heavy atom. The minimum atomic E-state index is 0.117. The van der Waals surface area contributed by atoms with Crippen molar-refractivity contribution >= 4 is 17.5 Å². The summed E-state index contributed by atoms with van der Waals surface area (Å²) in [5.74, 6) is 1.46. The molecule has 1 atom stereocenters. The Kier molecular flexibility index (Phi) is 3.82. The molecule has 1 aliphatic carbocycles. The van der Waals surface area contributed by atoms with Gasteiger partial charge in [-0.3, -0.25) is 9.59 Å². The maximum absolute atomic E-state index is 12.1. The van der Waals surface area contributed by atoms with E-state index < -0.39 is 0 Å². The van der Waals surface area contributed by atoms with Gasteiger partial charge in [0.25, 0.3) is 0 Å². The fourth-order valence-corrected chi connectivity index (χ4v) is 2.66. The van der Waals surface area contributed by atoms with Crippen LogP contribution in [0.1, 0.15) is 19.3 Å². The number of anilines is 1. The lowest BCUT2D eigenvalue weighted by atomic mass is 10.1. The van der Waals surface area contributed by atoms with Gasteiger partial charge < -0.3 is 15.0 Å². The molecule has 1 saturated heterocycles. The second kappa shape index (κ2) is 5.76. The lowest BCUT2D eigenvalue weighted by Gasteiger charge is -2.17. The Hall–Kier alpha value is -2.04. The molecule has 0 aromatic heterocycles. The van der Waals surface area contributed by atoms with Crippen LogP contribution in [0.3, 0.4) is 0 Å². The summed E-state index contributed by atoms with van der Waals surface area (Å²) in [4.78, 5) is 25.5. The summed E-state index contributed by atoms with van der Waals surface area (Å²) in [5.41, 5.74) is 0.886. The van der Waals surface area contributed by atoms with Crippen molar-refractivity contribution in [2.24, 2.45) is 11.8 Å². The van der Waals surface area contributed by atoms with Crippen LogP contribution in [-0.4, -0.2) is 32.0 Å². The van der Waals surface area contributed by atoms with Crippen LogP contribution in [0.2, 0.25) is 0 Å². The van der Waals surface area contributed by atoms with Crippen LogP contribution < -0.4 is 15.0 Å². The zero-order chi connectivity index (χ0) is 14.8. The highest BCUT2D eigenvalue weighted by Gasteiger charge is 2.33. The van der Waals surface area contributed by atoms with E-state index in [0.29, 0.717) is 19.5 Å². The third-order valence-corrected chi connectivity index (χ3v) is 4.10. The highest BCUT2D eigenvalue weighted by molar-refractivity contribution is 5.95. The fraction of sp³-hybridized carbons (Fsp3) is 0.500. The van der Waals surface area contributed by atoms with Gasteiger partial charge in [0.2, 0.25) is 11.8 Å². The zero-order valence-electron chi connectivity index (χ0n) is 12.2. The summed E-state index contributed by atoms with van der Waals surface area (Å²) in [6.07, 6.45) is 2.51. The van der Waals surface area contributed by atoms with Gasteiger partial charge in [-0.1, -0.05) is 0 Å². The SMILES string of the molecule is COc1ccc(N2CC(CNC(=O)C3CC3)CC2=O)cc1. The third kappa shape index (κ3) is 3.17. The molecule has 1 heterocycles. The summed E-state index contributed by atoms with van der Waals surface area (Å²) in [5, 5.41) is 2.96. The molecular formula is C16H20N2O3. The first-order valence-corrected chi connectivity index (χ1v) is 7.39. The van der Waals surface area contributed by atoms with Crippen LogP contribution in [0, 0.1) is 11.8 Å². The van der Waals surface area contributed by atoms with Crippen molar-refractivity contribution in [1.82, 2.24) is 5.32 Å². The number of benzene rings is 1. The van der Waals surface area contributed by atoms with Crippen LogP contribution >= 0.6 is 0 Å². The number of carbonyl (C=O) groups excluding carboxylic acids is 2. The van der Waals surface area contributed by atoms with E-state index in [-0.39, 0.29) is 23.7 Å². The van der Waals surface area contributed by atoms with E-state index in [4.69, 9.17) is 4.74 Å². The first kappa shape index (κ1) is 13.9. The second-order valence-electron chi connectivity index (χ2n) is 5.79. The number of amides is 2. The van der Waals surface area contributed by atoms with Gasteiger partial charge in [0.15, 0.2) is 0 Å². The van der Waals surface area contributed by atoms with Crippen molar-refractivity contribution in [3.63, 3.8) is 0 Å². The average Bonchev–Trinajstić information content (AvgIpc) is 3.29. The minimum absolute atomic E-state index is 0.117. The van der Waals surface area contributed by atoms with Crippen LogP contribution in [0.5, 0.6) is 5.75 Å². The first-order chi connectivity index (χ1) is 10.2. The van der Waals surface area contributed by atoms with Crippen LogP contribution in [0.15, 0.2) is 24.3 Å². The maximum Gasteiger partial charge on any atom is 0.227 e. The predicted molar refractivity (Wildman–Crippen MR) is 79.2 cm³/mol. The Morgan fingerprint density at radius 1 is 1.33 bits per heavy atom. The van der Waals surface area contributed by atoms with E-state index in [1.165, 1.54) is 0 Å². The molecule has 3 rings (SSSR count). The number of hydrogen-bond donors (Lipinski definition) is 1. The number of hydrogen-bond acceptors (Lipinski definition) is 3. The van der Waals surface area contributed by atoms with Crippen LogP contribution in [0.4, 0.5) is 5.69 Å². The highest BCUT2D eigenvalue weighted by Crippen LogP contribution is 2.29. The van der Waals surface area contributed by atoms with E-state index in [1.807, 2.05) is 24.3 Å². The number of nitrogens with zero attached hydrogens (tertiary/aromatic N) is 1. The fourth-order valence-electron chi connectivity index (χ4n) is 2.66. The second-order valence-corrected chi connectivity index (χ2v) is 5.79. The molecule has 1 aliphatic heterocycles. The minimum Gasteiger partial charge on any atom is -0.497 e. The summed E-state index contributed by atoms with van der Waals surface area (Å²) < 4.78 is 5.12. The van der Waals surface area contributed by atoms with Crippen LogP contribution in [0.25, 0.3) is 0 Å². The molecule has 0 bridgehead atoms. The molecule has 5 nitrogen and oxygen atoms in total. The molecular weight excluding hydrogens is 268 g/mol. The van der Waals surface area contributed by atoms with Crippen molar-refractivity contribution in [3.8, 4) is 5.75 Å². The third-order valence-electron chi connectivity index (χ3n) is 4.10. The van der Waals surface area contributed by atoms with Crippen molar-refractivity contribution in [2.45, 2.75) is 19.3 Å². The normalized spacial score (nSPS) is 21.5. The number of ether oxygens (including phenoxy) is 1. The number of nitrogens with one attached hydrogen (secondary N) is 1. The van der Waals surface area contributed by atoms with E-state index in [1.54, 1.807) is 12.0 Å². The van der Waals surface area contributed by atoms with Gasteiger partial charge in [-0.15, -0.1) is 0 Å². The Morgan fingerprint density at radius 2 is 2.05 bits per heavy atom. The molecule has 1 aromatic rings. The van der Waals surface area contributed by atoms with Gasteiger partial charge in [-0.05, 0) is 37.1 Å². The molecule has 112 valence electrons. The Bertz CT molecular complexity index is 537. The van der Waals surface area contributed by atoms with E-state index >= 15 is 0 Å². The van der Waals surface area contributed by atoms with Gasteiger partial charge >= 0.3 is 0 Å². The average molecular weight is 288 g/mol. The summed E-state index contributed by atoms with van der Waals surface area (Å²) in [6, 6.07) is 7.49. The van der Waals surface area contributed by atoms with E-state index in [2.05, 4.69) is 5.32 Å². The van der Waals surface area contributed by atoms with Crippen molar-refractivity contribution < 1.29 is 14.3 Å².